The van der Waals surface area contributed by atoms with Crippen LogP contribution >= 0.6 is 7.14 Å². The maximum Gasteiger partial charge on any atom is 0.135 e. The van der Waals surface area contributed by atoms with E-state index < -0.39 is 7.14 Å². The molecule has 3 heteroatoms. The molecular weight excluding hydrogens is 339 g/mol. The summed E-state index contributed by atoms with van der Waals surface area (Å²) in [6.07, 6.45) is 0.693. The first-order chi connectivity index (χ1) is 12.7. The smallest absolute Gasteiger partial charge is 0.135 e. The van der Waals surface area contributed by atoms with Gasteiger partial charge in [-0.3, -0.25) is 4.79 Å². The van der Waals surface area contributed by atoms with Crippen molar-refractivity contribution in [2.45, 2.75) is 24.2 Å². The zero-order valence-electron chi connectivity index (χ0n) is 14.5. The van der Waals surface area contributed by atoms with Crippen LogP contribution in [0.3, 0.4) is 0 Å². The Hall–Kier alpha value is -2.44. The van der Waals surface area contributed by atoms with E-state index in [0.717, 1.165) is 16.4 Å². The van der Waals surface area contributed by atoms with Crippen LogP contribution in [0.4, 0.5) is 0 Å². The van der Waals surface area contributed by atoms with Crippen molar-refractivity contribution in [3.63, 3.8) is 0 Å². The van der Waals surface area contributed by atoms with Gasteiger partial charge in [-0.15, -0.1) is 0 Å². The second-order valence-corrected chi connectivity index (χ2v) is 10.0. The molecule has 26 heavy (non-hydrogen) atoms. The molecule has 0 aliphatic carbocycles. The SMILES string of the molecule is O=C1C[C@H](c2ccccc2)P(=O)(c2ccccc2)[C@H](c2ccccc2)C1. The summed E-state index contributed by atoms with van der Waals surface area (Å²) in [5.41, 5.74) is 1.46. The molecule has 0 spiro atoms. The summed E-state index contributed by atoms with van der Waals surface area (Å²) < 4.78 is 14.7. The molecule has 1 unspecified atom stereocenters. The largest absolute Gasteiger partial charge is 0.317 e. The van der Waals surface area contributed by atoms with E-state index in [-0.39, 0.29) is 17.1 Å². The van der Waals surface area contributed by atoms with Crippen LogP contribution < -0.4 is 5.30 Å². The standard InChI is InChI=1S/C23H21O2P/c24-20-16-22(18-10-4-1-5-11-18)26(25,21-14-8-3-9-15-21)23(17-20)19-12-6-2-7-13-19/h1-15,22-23H,16-17H2/t22-,23+,26?. The molecule has 0 bridgehead atoms. The lowest BCUT2D eigenvalue weighted by Crippen LogP contribution is -2.26. The molecular formula is C23H21O2P. The first-order valence-electron chi connectivity index (χ1n) is 8.96. The van der Waals surface area contributed by atoms with E-state index in [2.05, 4.69) is 0 Å². The van der Waals surface area contributed by atoms with Crippen LogP contribution in [0.25, 0.3) is 0 Å². The van der Waals surface area contributed by atoms with E-state index in [1.54, 1.807) is 0 Å². The van der Waals surface area contributed by atoms with Gasteiger partial charge >= 0.3 is 0 Å². The predicted octanol–water partition coefficient (Wildman–Crippen LogP) is 5.52. The van der Waals surface area contributed by atoms with Gasteiger partial charge in [-0.25, -0.2) is 0 Å². The summed E-state index contributed by atoms with van der Waals surface area (Å²) in [6, 6.07) is 29.5. The molecule has 3 aromatic carbocycles. The first kappa shape index (κ1) is 17.0. The average Bonchev–Trinajstić information content (AvgIpc) is 2.71. The van der Waals surface area contributed by atoms with Crippen molar-refractivity contribution in [1.29, 1.82) is 0 Å². The normalized spacial score (nSPS) is 25.8. The third-order valence-electron chi connectivity index (χ3n) is 5.30. The Balaban J connectivity index is 1.93. The summed E-state index contributed by atoms with van der Waals surface area (Å²) in [7, 11) is -2.89. The van der Waals surface area contributed by atoms with Crippen molar-refractivity contribution in [2.75, 3.05) is 0 Å². The Kier molecular flexibility index (Phi) is 4.61. The van der Waals surface area contributed by atoms with Gasteiger partial charge in [0.15, 0.2) is 0 Å². The molecule has 2 nitrogen and oxygen atoms in total. The molecule has 1 heterocycles. The first-order valence-corrected chi connectivity index (χ1v) is 10.8. The average molecular weight is 360 g/mol. The van der Waals surface area contributed by atoms with E-state index in [4.69, 9.17) is 0 Å². The number of hydrogen-bond acceptors (Lipinski definition) is 2. The van der Waals surface area contributed by atoms with Crippen molar-refractivity contribution in [3.8, 4) is 0 Å². The molecule has 0 radical (unpaired) electrons. The lowest BCUT2D eigenvalue weighted by atomic mass is 10.0. The van der Waals surface area contributed by atoms with Crippen molar-refractivity contribution in [1.82, 2.24) is 0 Å². The topological polar surface area (TPSA) is 34.1 Å². The highest BCUT2D eigenvalue weighted by Crippen LogP contribution is 2.72. The molecule has 0 N–H and O–H groups in total. The molecule has 3 atom stereocenters. The number of hydrogen-bond donors (Lipinski definition) is 0. The third kappa shape index (κ3) is 2.95. The van der Waals surface area contributed by atoms with Crippen LogP contribution in [0.2, 0.25) is 0 Å². The van der Waals surface area contributed by atoms with Crippen LogP contribution in [0.15, 0.2) is 91.0 Å². The molecule has 1 saturated heterocycles. The third-order valence-corrected chi connectivity index (χ3v) is 9.22. The van der Waals surface area contributed by atoms with E-state index in [1.165, 1.54) is 0 Å². The monoisotopic (exact) mass is 360 g/mol. The van der Waals surface area contributed by atoms with Crippen LogP contribution in [-0.2, 0) is 9.36 Å². The Morgan fingerprint density at radius 3 is 1.42 bits per heavy atom. The number of benzene rings is 3. The number of ketones is 1. The van der Waals surface area contributed by atoms with Gasteiger partial charge in [0.25, 0.3) is 0 Å². The van der Waals surface area contributed by atoms with Gasteiger partial charge in [-0.1, -0.05) is 91.0 Å². The lowest BCUT2D eigenvalue weighted by Gasteiger charge is -2.39. The summed E-state index contributed by atoms with van der Waals surface area (Å²) in [4.78, 5) is 12.6. The zero-order chi connectivity index (χ0) is 18.0. The minimum atomic E-state index is -2.89. The van der Waals surface area contributed by atoms with Gasteiger partial charge in [-0.2, -0.15) is 0 Å². The fourth-order valence-corrected chi connectivity index (χ4v) is 8.03. The number of carbonyl (C=O) groups is 1. The lowest BCUT2D eigenvalue weighted by molar-refractivity contribution is -0.119. The van der Waals surface area contributed by atoms with Crippen molar-refractivity contribution >= 4 is 18.2 Å². The quantitative estimate of drug-likeness (QED) is 0.576. The highest BCUT2D eigenvalue weighted by molar-refractivity contribution is 7.72. The van der Waals surface area contributed by atoms with Gasteiger partial charge < -0.3 is 4.57 Å². The Morgan fingerprint density at radius 1 is 0.615 bits per heavy atom. The Bertz CT molecular complexity index is 880. The van der Waals surface area contributed by atoms with Gasteiger partial charge in [0, 0.05) is 29.5 Å². The number of carbonyl (C=O) groups excluding carboxylic acids is 1. The zero-order valence-corrected chi connectivity index (χ0v) is 15.4. The van der Waals surface area contributed by atoms with Crippen LogP contribution in [-0.4, -0.2) is 5.78 Å². The molecule has 0 amide bonds. The highest BCUT2D eigenvalue weighted by Gasteiger charge is 2.48. The van der Waals surface area contributed by atoms with Crippen LogP contribution in [0.1, 0.15) is 35.3 Å². The molecule has 0 aromatic heterocycles. The van der Waals surface area contributed by atoms with Gasteiger partial charge in [0.2, 0.25) is 0 Å². The number of Topliss-reactive ketones (excluding diaryl/α,β-unsaturated/α-hetero) is 1. The molecule has 3 aromatic rings. The predicted molar refractivity (Wildman–Crippen MR) is 106 cm³/mol. The second kappa shape index (κ2) is 7.05. The minimum Gasteiger partial charge on any atom is -0.317 e. The van der Waals surface area contributed by atoms with Gasteiger partial charge in [0.05, 0.1) is 0 Å². The van der Waals surface area contributed by atoms with Crippen LogP contribution in [0.5, 0.6) is 0 Å². The summed E-state index contributed by atoms with van der Waals surface area (Å²) in [5, 5.41) is 0.871. The van der Waals surface area contributed by atoms with Crippen molar-refractivity contribution in [2.24, 2.45) is 0 Å². The molecule has 1 aliphatic rings. The maximum absolute atomic E-state index is 14.7. The molecule has 4 rings (SSSR count). The second-order valence-electron chi connectivity index (χ2n) is 6.84. The van der Waals surface area contributed by atoms with E-state index in [9.17, 15) is 9.36 Å². The fraction of sp³-hybridized carbons (Fsp3) is 0.174. The minimum absolute atomic E-state index is 0.190. The highest BCUT2D eigenvalue weighted by atomic mass is 31.2. The number of rotatable bonds is 3. The fourth-order valence-electron chi connectivity index (χ4n) is 4.05. The molecule has 130 valence electrons. The van der Waals surface area contributed by atoms with Crippen LogP contribution in [0, 0.1) is 0 Å². The van der Waals surface area contributed by atoms with Crippen molar-refractivity contribution < 1.29 is 9.36 Å². The Labute approximate surface area is 154 Å². The maximum atomic E-state index is 14.7. The molecule has 0 saturated carbocycles. The van der Waals surface area contributed by atoms with E-state index >= 15 is 0 Å². The Morgan fingerprint density at radius 2 is 1.00 bits per heavy atom. The van der Waals surface area contributed by atoms with Crippen molar-refractivity contribution in [3.05, 3.63) is 102 Å². The van der Waals surface area contributed by atoms with E-state index in [0.29, 0.717) is 12.8 Å². The van der Waals surface area contributed by atoms with Gasteiger partial charge in [0.1, 0.15) is 12.9 Å². The molecule has 1 fully saturated rings. The van der Waals surface area contributed by atoms with E-state index in [1.807, 2.05) is 91.0 Å². The summed E-state index contributed by atoms with van der Waals surface area (Å²) in [5.74, 6) is 0.190. The van der Waals surface area contributed by atoms with Gasteiger partial charge in [-0.05, 0) is 11.1 Å². The molecule has 1 aliphatic heterocycles. The summed E-state index contributed by atoms with van der Waals surface area (Å²) in [6.45, 7) is 0. The summed E-state index contributed by atoms with van der Waals surface area (Å²) >= 11 is 0.